The monoisotopic (exact) mass is 253 g/mol. The van der Waals surface area contributed by atoms with Crippen molar-refractivity contribution in [1.82, 2.24) is 0 Å². The molecule has 1 aliphatic rings. The molecule has 1 saturated heterocycles. The molecular weight excluding hydrogens is 234 g/mol. The van der Waals surface area contributed by atoms with Gasteiger partial charge in [-0.1, -0.05) is 12.1 Å². The van der Waals surface area contributed by atoms with Gasteiger partial charge in [0.05, 0.1) is 6.10 Å². The van der Waals surface area contributed by atoms with Gasteiger partial charge in [-0.25, -0.2) is 0 Å². The van der Waals surface area contributed by atoms with E-state index in [9.17, 15) is 0 Å². The van der Waals surface area contributed by atoms with Crippen LogP contribution < -0.4 is 4.90 Å². The number of benzene rings is 1. The molecule has 1 fully saturated rings. The lowest BCUT2D eigenvalue weighted by Gasteiger charge is -2.34. The van der Waals surface area contributed by atoms with Gasteiger partial charge in [-0.15, -0.1) is 11.6 Å². The van der Waals surface area contributed by atoms with E-state index in [1.807, 2.05) is 0 Å². The Morgan fingerprint density at radius 2 is 2.12 bits per heavy atom. The number of nitrogens with zero attached hydrogens (tertiary/aromatic N) is 1. The van der Waals surface area contributed by atoms with Crippen LogP contribution in [0.3, 0.4) is 0 Å². The van der Waals surface area contributed by atoms with E-state index < -0.39 is 0 Å². The second kappa shape index (κ2) is 6.27. The molecule has 0 amide bonds. The van der Waals surface area contributed by atoms with Crippen LogP contribution in [-0.4, -0.2) is 25.8 Å². The number of rotatable bonds is 4. The number of piperidine rings is 1. The fraction of sp³-hybridized carbons (Fsp3) is 0.571. The SMILES string of the molecule is CCOC1CCCN(c2ccc(CCl)cc2)C1. The van der Waals surface area contributed by atoms with E-state index in [-0.39, 0.29) is 0 Å². The molecule has 17 heavy (non-hydrogen) atoms. The van der Waals surface area contributed by atoms with Crippen molar-refractivity contribution in [1.29, 1.82) is 0 Å². The molecule has 2 nitrogen and oxygen atoms in total. The van der Waals surface area contributed by atoms with Crippen LogP contribution in [0.5, 0.6) is 0 Å². The summed E-state index contributed by atoms with van der Waals surface area (Å²) in [7, 11) is 0. The smallest absolute Gasteiger partial charge is 0.0750 e. The molecule has 1 unspecified atom stereocenters. The number of anilines is 1. The highest BCUT2D eigenvalue weighted by atomic mass is 35.5. The van der Waals surface area contributed by atoms with Crippen LogP contribution in [0.25, 0.3) is 0 Å². The molecule has 1 aliphatic heterocycles. The van der Waals surface area contributed by atoms with E-state index in [1.54, 1.807) is 0 Å². The quantitative estimate of drug-likeness (QED) is 0.763. The van der Waals surface area contributed by atoms with Crippen molar-refractivity contribution in [2.24, 2.45) is 0 Å². The van der Waals surface area contributed by atoms with E-state index in [0.717, 1.165) is 19.7 Å². The molecule has 0 saturated carbocycles. The largest absolute Gasteiger partial charge is 0.377 e. The van der Waals surface area contributed by atoms with Crippen LogP contribution >= 0.6 is 11.6 Å². The highest BCUT2D eigenvalue weighted by Gasteiger charge is 2.19. The summed E-state index contributed by atoms with van der Waals surface area (Å²) in [6, 6.07) is 8.53. The number of hydrogen-bond acceptors (Lipinski definition) is 2. The predicted molar refractivity (Wildman–Crippen MR) is 72.9 cm³/mol. The van der Waals surface area contributed by atoms with Crippen LogP contribution in [0.1, 0.15) is 25.3 Å². The van der Waals surface area contributed by atoms with Crippen molar-refractivity contribution in [3.05, 3.63) is 29.8 Å². The third kappa shape index (κ3) is 3.36. The first-order valence-electron chi connectivity index (χ1n) is 6.35. The van der Waals surface area contributed by atoms with Gasteiger partial charge in [0.15, 0.2) is 0 Å². The molecule has 0 N–H and O–H groups in total. The van der Waals surface area contributed by atoms with E-state index in [2.05, 4.69) is 36.1 Å². The number of halogens is 1. The summed E-state index contributed by atoms with van der Waals surface area (Å²) in [6.07, 6.45) is 2.79. The minimum Gasteiger partial charge on any atom is -0.377 e. The molecule has 0 radical (unpaired) electrons. The Bertz CT molecular complexity index is 337. The zero-order valence-corrected chi connectivity index (χ0v) is 11.1. The standard InChI is InChI=1S/C14H20ClNO/c1-2-17-14-4-3-9-16(11-14)13-7-5-12(10-15)6-8-13/h5-8,14H,2-4,9-11H2,1H3. The lowest BCUT2D eigenvalue weighted by molar-refractivity contribution is 0.0527. The Balaban J connectivity index is 2.00. The van der Waals surface area contributed by atoms with Gasteiger partial charge in [0, 0.05) is 31.3 Å². The Morgan fingerprint density at radius 1 is 1.35 bits per heavy atom. The van der Waals surface area contributed by atoms with E-state index in [0.29, 0.717) is 12.0 Å². The van der Waals surface area contributed by atoms with Gasteiger partial charge in [-0.05, 0) is 37.5 Å². The normalized spacial score (nSPS) is 20.6. The molecule has 3 heteroatoms. The molecule has 1 heterocycles. The van der Waals surface area contributed by atoms with Crippen LogP contribution in [-0.2, 0) is 10.6 Å². The van der Waals surface area contributed by atoms with E-state index in [1.165, 1.54) is 24.1 Å². The number of alkyl halides is 1. The third-order valence-electron chi connectivity index (χ3n) is 3.24. The Kier molecular flexibility index (Phi) is 4.69. The molecule has 0 spiro atoms. The van der Waals surface area contributed by atoms with Gasteiger partial charge in [-0.3, -0.25) is 0 Å². The van der Waals surface area contributed by atoms with Gasteiger partial charge < -0.3 is 9.64 Å². The maximum absolute atomic E-state index is 5.80. The zero-order chi connectivity index (χ0) is 12.1. The lowest BCUT2D eigenvalue weighted by Crippen LogP contribution is -2.39. The molecule has 1 aromatic carbocycles. The summed E-state index contributed by atoms with van der Waals surface area (Å²) in [6.45, 7) is 5.01. The van der Waals surface area contributed by atoms with Crippen LogP contribution in [0.15, 0.2) is 24.3 Å². The van der Waals surface area contributed by atoms with Gasteiger partial charge in [0.1, 0.15) is 0 Å². The molecule has 94 valence electrons. The van der Waals surface area contributed by atoms with Crippen molar-refractivity contribution in [3.63, 3.8) is 0 Å². The third-order valence-corrected chi connectivity index (χ3v) is 3.54. The zero-order valence-electron chi connectivity index (χ0n) is 10.4. The van der Waals surface area contributed by atoms with Crippen LogP contribution in [0, 0.1) is 0 Å². The van der Waals surface area contributed by atoms with E-state index in [4.69, 9.17) is 16.3 Å². The average Bonchev–Trinajstić information content (AvgIpc) is 2.40. The molecule has 1 atom stereocenters. The van der Waals surface area contributed by atoms with Crippen molar-refractivity contribution < 1.29 is 4.74 Å². The van der Waals surface area contributed by atoms with Gasteiger partial charge in [0.25, 0.3) is 0 Å². The molecule has 0 bridgehead atoms. The molecular formula is C14H20ClNO. The fourth-order valence-electron chi connectivity index (χ4n) is 2.34. The predicted octanol–water partition coefficient (Wildman–Crippen LogP) is 3.43. The highest BCUT2D eigenvalue weighted by Crippen LogP contribution is 2.22. The van der Waals surface area contributed by atoms with E-state index >= 15 is 0 Å². The van der Waals surface area contributed by atoms with Crippen molar-refractivity contribution >= 4 is 17.3 Å². The summed E-state index contributed by atoms with van der Waals surface area (Å²) in [5.74, 6) is 0.585. The van der Waals surface area contributed by atoms with Gasteiger partial charge in [0.2, 0.25) is 0 Å². The molecule has 2 rings (SSSR count). The Labute approximate surface area is 109 Å². The first kappa shape index (κ1) is 12.7. The summed E-state index contributed by atoms with van der Waals surface area (Å²) in [5, 5.41) is 0. The fourth-order valence-corrected chi connectivity index (χ4v) is 2.52. The maximum atomic E-state index is 5.80. The molecule has 0 aromatic heterocycles. The minimum absolute atomic E-state index is 0.390. The molecule has 0 aliphatic carbocycles. The summed E-state index contributed by atoms with van der Waals surface area (Å²) < 4.78 is 5.72. The average molecular weight is 254 g/mol. The van der Waals surface area contributed by atoms with Crippen molar-refractivity contribution in [3.8, 4) is 0 Å². The topological polar surface area (TPSA) is 12.5 Å². The molecule has 1 aromatic rings. The van der Waals surface area contributed by atoms with Crippen molar-refractivity contribution in [2.75, 3.05) is 24.6 Å². The summed E-state index contributed by atoms with van der Waals surface area (Å²) in [4.78, 5) is 2.40. The second-order valence-corrected chi connectivity index (χ2v) is 4.73. The number of hydrogen-bond donors (Lipinski definition) is 0. The minimum atomic E-state index is 0.390. The first-order chi connectivity index (χ1) is 8.33. The second-order valence-electron chi connectivity index (χ2n) is 4.47. The van der Waals surface area contributed by atoms with Crippen molar-refractivity contribution in [2.45, 2.75) is 31.7 Å². The number of ether oxygens (including phenoxy) is 1. The van der Waals surface area contributed by atoms with Gasteiger partial charge in [-0.2, -0.15) is 0 Å². The van der Waals surface area contributed by atoms with Crippen LogP contribution in [0.2, 0.25) is 0 Å². The summed E-state index contributed by atoms with van der Waals surface area (Å²) >= 11 is 5.80. The highest BCUT2D eigenvalue weighted by molar-refractivity contribution is 6.17. The van der Waals surface area contributed by atoms with Gasteiger partial charge >= 0.3 is 0 Å². The summed E-state index contributed by atoms with van der Waals surface area (Å²) in [5.41, 5.74) is 2.46. The Hall–Kier alpha value is -0.730. The maximum Gasteiger partial charge on any atom is 0.0750 e. The lowest BCUT2D eigenvalue weighted by atomic mass is 10.1. The Morgan fingerprint density at radius 3 is 2.76 bits per heavy atom. The first-order valence-corrected chi connectivity index (χ1v) is 6.88. The van der Waals surface area contributed by atoms with Crippen LogP contribution in [0.4, 0.5) is 5.69 Å².